The van der Waals surface area contributed by atoms with Crippen molar-refractivity contribution in [2.75, 3.05) is 19.8 Å². The van der Waals surface area contributed by atoms with Crippen LogP contribution in [0.25, 0.3) is 0 Å². The summed E-state index contributed by atoms with van der Waals surface area (Å²) in [5.41, 5.74) is 0.0799. The Bertz CT molecular complexity index is 925. The molecule has 1 aliphatic rings. The summed E-state index contributed by atoms with van der Waals surface area (Å²) < 4.78 is 11.7. The van der Waals surface area contributed by atoms with Crippen LogP contribution in [-0.2, 0) is 25.7 Å². The summed E-state index contributed by atoms with van der Waals surface area (Å²) in [4.78, 5) is 28.9. The Hall–Kier alpha value is -2.70. The van der Waals surface area contributed by atoms with E-state index >= 15 is 0 Å². The molecule has 0 bridgehead atoms. The van der Waals surface area contributed by atoms with Crippen LogP contribution in [0.4, 0.5) is 0 Å². The van der Waals surface area contributed by atoms with Gasteiger partial charge in [-0.15, -0.1) is 0 Å². The molecule has 0 spiro atoms. The molecule has 0 aliphatic carbocycles. The highest BCUT2D eigenvalue weighted by Gasteiger charge is 2.59. The highest BCUT2D eigenvalue weighted by Crippen LogP contribution is 2.45. The van der Waals surface area contributed by atoms with E-state index < -0.39 is 22.9 Å². The Morgan fingerprint density at radius 3 is 2.30 bits per heavy atom. The first-order valence-electron chi connectivity index (χ1n) is 11.5. The number of rotatable bonds is 9. The molecule has 178 valence electrons. The molecule has 0 radical (unpaired) electrons. The Morgan fingerprint density at radius 2 is 1.73 bits per heavy atom. The van der Waals surface area contributed by atoms with E-state index in [9.17, 15) is 14.7 Å². The number of aliphatic hydroxyl groups excluding tert-OH is 1. The van der Waals surface area contributed by atoms with Crippen LogP contribution in [0.1, 0.15) is 51.3 Å². The summed E-state index contributed by atoms with van der Waals surface area (Å²) in [6, 6.07) is 19.2. The van der Waals surface area contributed by atoms with Crippen molar-refractivity contribution in [2.24, 2.45) is 11.3 Å². The van der Waals surface area contributed by atoms with Gasteiger partial charge >= 0.3 is 5.97 Å². The van der Waals surface area contributed by atoms with Crippen LogP contribution in [0, 0.1) is 11.3 Å². The van der Waals surface area contributed by atoms with Gasteiger partial charge in [0.1, 0.15) is 11.0 Å². The van der Waals surface area contributed by atoms with Crippen LogP contribution in [-0.4, -0.2) is 47.2 Å². The highest BCUT2D eigenvalue weighted by molar-refractivity contribution is 5.92. The average Bonchev–Trinajstić information content (AvgIpc) is 3.06. The molecule has 3 atom stereocenters. The number of hydrogen-bond acceptors (Lipinski definition) is 5. The molecular weight excluding hydrogens is 418 g/mol. The Balaban J connectivity index is 1.90. The van der Waals surface area contributed by atoms with E-state index in [1.165, 1.54) is 0 Å². The quantitative estimate of drug-likeness (QED) is 0.578. The van der Waals surface area contributed by atoms with E-state index in [-0.39, 0.29) is 38.1 Å². The molecule has 0 aromatic heterocycles. The number of aliphatic hydroxyl groups is 1. The SMILES string of the molecule is C[C@H](c1ccccc1)N1CC(CCO)(C(=O)OC(C)(C)C)[C@H](COCc2ccccc2)C1=O. The lowest BCUT2D eigenvalue weighted by Crippen LogP contribution is -2.46. The number of amides is 1. The Kier molecular flexibility index (Phi) is 7.92. The standard InChI is InChI=1S/C27H35NO5/c1-20(22-13-9-6-10-14-22)28-19-27(15-16-29,25(31)33-26(2,3)4)23(24(28)30)18-32-17-21-11-7-5-8-12-21/h5-14,20,23,29H,15-19H2,1-4H3/t20-,23-,27?/m1/s1. The summed E-state index contributed by atoms with van der Waals surface area (Å²) in [6.45, 7) is 7.73. The molecule has 0 saturated carbocycles. The fourth-order valence-corrected chi connectivity index (χ4v) is 4.41. The minimum atomic E-state index is -1.18. The molecule has 2 aromatic rings. The van der Waals surface area contributed by atoms with Gasteiger partial charge in [-0.05, 0) is 45.2 Å². The normalized spacial score (nSPS) is 21.8. The topological polar surface area (TPSA) is 76.1 Å². The van der Waals surface area contributed by atoms with Gasteiger partial charge in [-0.25, -0.2) is 0 Å². The van der Waals surface area contributed by atoms with E-state index in [0.29, 0.717) is 6.61 Å². The summed E-state index contributed by atoms with van der Waals surface area (Å²) in [7, 11) is 0. The molecular formula is C27H35NO5. The number of nitrogens with zero attached hydrogens (tertiary/aromatic N) is 1. The molecule has 6 heteroatoms. The lowest BCUT2D eigenvalue weighted by atomic mass is 9.75. The monoisotopic (exact) mass is 453 g/mol. The van der Waals surface area contributed by atoms with E-state index in [4.69, 9.17) is 9.47 Å². The molecule has 1 unspecified atom stereocenters. The van der Waals surface area contributed by atoms with Crippen LogP contribution < -0.4 is 0 Å². The van der Waals surface area contributed by atoms with Gasteiger partial charge < -0.3 is 19.5 Å². The number of benzene rings is 2. The third kappa shape index (κ3) is 5.81. The lowest BCUT2D eigenvalue weighted by molar-refractivity contribution is -0.173. The number of ether oxygens (including phenoxy) is 2. The zero-order chi connectivity index (χ0) is 24.1. The van der Waals surface area contributed by atoms with Crippen molar-refractivity contribution >= 4 is 11.9 Å². The zero-order valence-corrected chi connectivity index (χ0v) is 20.0. The maximum Gasteiger partial charge on any atom is 0.315 e. The minimum Gasteiger partial charge on any atom is -0.459 e. The number of hydrogen-bond donors (Lipinski definition) is 1. The molecule has 33 heavy (non-hydrogen) atoms. The van der Waals surface area contributed by atoms with Gasteiger partial charge in [-0.3, -0.25) is 9.59 Å². The molecule has 1 N–H and O–H groups in total. The van der Waals surface area contributed by atoms with Crippen molar-refractivity contribution < 1.29 is 24.2 Å². The largest absolute Gasteiger partial charge is 0.459 e. The van der Waals surface area contributed by atoms with Crippen LogP contribution in [0.2, 0.25) is 0 Å². The van der Waals surface area contributed by atoms with E-state index in [1.807, 2.05) is 67.6 Å². The summed E-state index contributed by atoms with van der Waals surface area (Å²) in [5, 5.41) is 9.91. The minimum absolute atomic E-state index is 0.0744. The predicted molar refractivity (Wildman–Crippen MR) is 126 cm³/mol. The summed E-state index contributed by atoms with van der Waals surface area (Å²) >= 11 is 0. The van der Waals surface area contributed by atoms with Crippen molar-refractivity contribution in [3.8, 4) is 0 Å². The second kappa shape index (κ2) is 10.5. The van der Waals surface area contributed by atoms with Crippen LogP contribution in [0.3, 0.4) is 0 Å². The number of likely N-dealkylation sites (tertiary alicyclic amines) is 1. The highest BCUT2D eigenvalue weighted by atomic mass is 16.6. The predicted octanol–water partition coefficient (Wildman–Crippen LogP) is 4.13. The summed E-state index contributed by atoms with van der Waals surface area (Å²) in [5.74, 6) is -1.36. The van der Waals surface area contributed by atoms with Crippen molar-refractivity contribution in [3.63, 3.8) is 0 Å². The molecule has 3 rings (SSSR count). The van der Waals surface area contributed by atoms with Crippen molar-refractivity contribution in [2.45, 2.75) is 52.4 Å². The fourth-order valence-electron chi connectivity index (χ4n) is 4.41. The Labute approximate surface area is 196 Å². The number of carbonyl (C=O) groups is 2. The Morgan fingerprint density at radius 1 is 1.12 bits per heavy atom. The number of esters is 1. The first-order chi connectivity index (χ1) is 15.7. The third-order valence-electron chi connectivity index (χ3n) is 6.21. The van der Waals surface area contributed by atoms with E-state index in [0.717, 1.165) is 11.1 Å². The van der Waals surface area contributed by atoms with Crippen molar-refractivity contribution in [1.82, 2.24) is 4.90 Å². The zero-order valence-electron chi connectivity index (χ0n) is 20.0. The van der Waals surface area contributed by atoms with Gasteiger partial charge in [-0.2, -0.15) is 0 Å². The molecule has 2 aromatic carbocycles. The van der Waals surface area contributed by atoms with Gasteiger partial charge in [0, 0.05) is 13.2 Å². The second-order valence-corrected chi connectivity index (χ2v) is 9.74. The molecule has 1 heterocycles. The smallest absolute Gasteiger partial charge is 0.315 e. The van der Waals surface area contributed by atoms with Crippen LogP contribution in [0.15, 0.2) is 60.7 Å². The van der Waals surface area contributed by atoms with Crippen LogP contribution in [0.5, 0.6) is 0 Å². The van der Waals surface area contributed by atoms with E-state index in [2.05, 4.69) is 0 Å². The van der Waals surface area contributed by atoms with Crippen LogP contribution >= 0.6 is 0 Å². The first-order valence-corrected chi connectivity index (χ1v) is 11.5. The van der Waals surface area contributed by atoms with E-state index in [1.54, 1.807) is 25.7 Å². The summed E-state index contributed by atoms with van der Waals surface area (Å²) in [6.07, 6.45) is 0.130. The average molecular weight is 454 g/mol. The maximum absolute atomic E-state index is 13.7. The van der Waals surface area contributed by atoms with Gasteiger partial charge in [0.15, 0.2) is 0 Å². The van der Waals surface area contributed by atoms with Gasteiger partial charge in [0.2, 0.25) is 5.91 Å². The molecule has 1 aliphatic heterocycles. The first kappa shape index (κ1) is 24.9. The number of carbonyl (C=O) groups excluding carboxylic acids is 2. The lowest BCUT2D eigenvalue weighted by Gasteiger charge is -2.34. The molecule has 1 saturated heterocycles. The molecule has 6 nitrogen and oxygen atoms in total. The fraction of sp³-hybridized carbons (Fsp3) is 0.481. The van der Waals surface area contributed by atoms with Gasteiger partial charge in [0.05, 0.1) is 25.2 Å². The maximum atomic E-state index is 13.7. The second-order valence-electron chi connectivity index (χ2n) is 9.74. The van der Waals surface area contributed by atoms with Crippen molar-refractivity contribution in [3.05, 3.63) is 71.8 Å². The molecule has 1 amide bonds. The van der Waals surface area contributed by atoms with Crippen molar-refractivity contribution in [1.29, 1.82) is 0 Å². The third-order valence-corrected chi connectivity index (χ3v) is 6.21. The van der Waals surface area contributed by atoms with Gasteiger partial charge in [0.25, 0.3) is 0 Å². The van der Waals surface area contributed by atoms with Gasteiger partial charge in [-0.1, -0.05) is 60.7 Å². The molecule has 1 fully saturated rings.